The lowest BCUT2D eigenvalue weighted by Gasteiger charge is -2.33. The van der Waals surface area contributed by atoms with E-state index in [1.165, 1.54) is 17.7 Å². The van der Waals surface area contributed by atoms with E-state index in [-0.39, 0.29) is 29.0 Å². The molecule has 0 saturated carbocycles. The number of piperidine rings is 1. The summed E-state index contributed by atoms with van der Waals surface area (Å²) >= 11 is 11.9. The molecule has 0 spiro atoms. The van der Waals surface area contributed by atoms with Crippen LogP contribution in [-0.4, -0.2) is 93.9 Å². The number of carboxylic acids is 2. The van der Waals surface area contributed by atoms with Crippen LogP contribution in [0.5, 0.6) is 11.5 Å². The van der Waals surface area contributed by atoms with Gasteiger partial charge >= 0.3 is 24.3 Å². The number of aliphatic carboxylic acids is 2. The van der Waals surface area contributed by atoms with Gasteiger partial charge in [-0.25, -0.2) is 9.59 Å². The number of rotatable bonds is 10. The number of carboxylic acid groups (broad SMARTS) is 2. The number of phenols is 1. The van der Waals surface area contributed by atoms with E-state index < -0.39 is 30.4 Å². The number of ether oxygens (including phenoxy) is 1. The second-order valence-electron chi connectivity index (χ2n) is 9.86. The standard InChI is InChI=1S/C24H31Cl2N3O4.2C2HF3O2/c1-2-24(32)28-21-11-20(26)22(31)12-23(21)33-15-19(30)13-27-18-7-9-29(10-8-18)14-16-3-5-17(25)6-4-16;2*3-2(4,5)1(6)7/h3-6,11-12,18-19,27,30-31H,2,7-10,13-15H2,1H3,(H,28,32);2*(H,6,7)/t19-;;/m0../s1. The summed E-state index contributed by atoms with van der Waals surface area (Å²) in [5.41, 5.74) is 1.61. The van der Waals surface area contributed by atoms with E-state index in [2.05, 4.69) is 27.7 Å². The molecule has 1 aliphatic heterocycles. The van der Waals surface area contributed by atoms with Gasteiger partial charge in [-0.15, -0.1) is 0 Å². The molecule has 0 unspecified atom stereocenters. The quantitative estimate of drug-likeness (QED) is 0.140. The van der Waals surface area contributed by atoms with Crippen LogP contribution in [0.4, 0.5) is 32.0 Å². The maximum absolute atomic E-state index is 11.7. The Balaban J connectivity index is 0.000000658. The van der Waals surface area contributed by atoms with E-state index in [9.17, 15) is 41.4 Å². The molecule has 3 rings (SSSR count). The molecule has 0 bridgehead atoms. The third kappa shape index (κ3) is 16.7. The number of carbonyl (C=O) groups is 3. The third-order valence-corrected chi connectivity index (χ3v) is 6.66. The van der Waals surface area contributed by atoms with Crippen molar-refractivity contribution in [3.8, 4) is 11.5 Å². The molecule has 19 heteroatoms. The SMILES string of the molecule is CCC(=O)Nc1cc(Cl)c(O)cc1OC[C@@H](O)CNC1CCN(Cc2ccc(Cl)cc2)CC1.O=C(O)C(F)(F)F.O=C(O)C(F)(F)F. The predicted octanol–water partition coefficient (Wildman–Crippen LogP) is 5.31. The lowest BCUT2D eigenvalue weighted by Crippen LogP contribution is -2.45. The number of alkyl halides is 6. The Morgan fingerprint density at radius 1 is 0.979 bits per heavy atom. The maximum Gasteiger partial charge on any atom is 0.490 e. The van der Waals surface area contributed by atoms with Gasteiger partial charge in [-0.3, -0.25) is 9.69 Å². The van der Waals surface area contributed by atoms with Crippen molar-refractivity contribution in [2.75, 3.05) is 31.6 Å². The highest BCUT2D eigenvalue weighted by Gasteiger charge is 2.38. The van der Waals surface area contributed by atoms with Crippen LogP contribution in [0.25, 0.3) is 0 Å². The molecule has 11 nitrogen and oxygen atoms in total. The highest BCUT2D eigenvalue weighted by atomic mass is 35.5. The van der Waals surface area contributed by atoms with Gasteiger partial charge in [-0.1, -0.05) is 42.3 Å². The van der Waals surface area contributed by atoms with Crippen LogP contribution in [0, 0.1) is 0 Å². The number of likely N-dealkylation sites (tertiary alicyclic amines) is 1. The van der Waals surface area contributed by atoms with E-state index in [1.54, 1.807) is 6.92 Å². The Labute approximate surface area is 275 Å². The monoisotopic (exact) mass is 723 g/mol. The summed E-state index contributed by atoms with van der Waals surface area (Å²) in [5, 5.41) is 41.5. The van der Waals surface area contributed by atoms with Gasteiger partial charge in [0.1, 0.15) is 24.2 Å². The number of carbonyl (C=O) groups excluding carboxylic acids is 1. The van der Waals surface area contributed by atoms with Crippen LogP contribution in [-0.2, 0) is 20.9 Å². The Morgan fingerprint density at radius 2 is 1.49 bits per heavy atom. The first-order chi connectivity index (χ1) is 21.7. The number of hydrogen-bond donors (Lipinski definition) is 6. The van der Waals surface area contributed by atoms with Gasteiger partial charge in [0, 0.05) is 36.6 Å². The fourth-order valence-corrected chi connectivity index (χ4v) is 3.98. The van der Waals surface area contributed by atoms with Crippen molar-refractivity contribution >= 4 is 46.7 Å². The van der Waals surface area contributed by atoms with Crippen molar-refractivity contribution in [1.82, 2.24) is 10.2 Å². The number of hydrogen-bond acceptors (Lipinski definition) is 8. The third-order valence-electron chi connectivity index (χ3n) is 6.11. The molecule has 47 heavy (non-hydrogen) atoms. The number of aromatic hydroxyl groups is 1. The second-order valence-corrected chi connectivity index (χ2v) is 10.7. The summed E-state index contributed by atoms with van der Waals surface area (Å²) in [6, 6.07) is 11.1. The zero-order valence-electron chi connectivity index (χ0n) is 24.7. The van der Waals surface area contributed by atoms with E-state index >= 15 is 0 Å². The number of nitrogens with one attached hydrogen (secondary N) is 2. The van der Waals surface area contributed by atoms with Crippen molar-refractivity contribution < 1.29 is 65.9 Å². The van der Waals surface area contributed by atoms with Gasteiger partial charge < -0.3 is 35.8 Å². The average Bonchev–Trinajstić information content (AvgIpc) is 2.98. The fourth-order valence-electron chi connectivity index (χ4n) is 3.69. The molecule has 1 amide bonds. The number of benzene rings is 2. The van der Waals surface area contributed by atoms with Crippen LogP contribution in [0.3, 0.4) is 0 Å². The normalized spacial score (nSPS) is 14.5. The molecule has 1 atom stereocenters. The first kappa shape index (κ1) is 41.5. The minimum absolute atomic E-state index is 0.0124. The molecule has 1 heterocycles. The van der Waals surface area contributed by atoms with Gasteiger partial charge in [0.05, 0.1) is 10.7 Å². The molecule has 1 aliphatic rings. The number of nitrogens with zero attached hydrogens (tertiary/aromatic N) is 1. The Morgan fingerprint density at radius 3 is 1.96 bits per heavy atom. The molecular weight excluding hydrogens is 691 g/mol. The van der Waals surface area contributed by atoms with Crippen molar-refractivity contribution in [2.45, 2.75) is 57.2 Å². The summed E-state index contributed by atoms with van der Waals surface area (Å²) in [7, 11) is 0. The van der Waals surface area contributed by atoms with Crippen molar-refractivity contribution in [2.24, 2.45) is 0 Å². The zero-order valence-corrected chi connectivity index (χ0v) is 26.2. The first-order valence-corrected chi connectivity index (χ1v) is 14.4. The minimum Gasteiger partial charge on any atom is -0.506 e. The molecule has 1 fully saturated rings. The molecule has 1 saturated heterocycles. The molecule has 6 N–H and O–H groups in total. The Hall–Kier alpha value is -3.51. The average molecular weight is 724 g/mol. The second kappa shape index (κ2) is 19.3. The van der Waals surface area contributed by atoms with E-state index in [4.69, 9.17) is 47.7 Å². The van der Waals surface area contributed by atoms with Crippen LogP contribution in [0.2, 0.25) is 10.0 Å². The molecule has 0 radical (unpaired) electrons. The number of aliphatic hydroxyl groups is 1. The van der Waals surface area contributed by atoms with E-state index in [0.29, 0.717) is 24.7 Å². The van der Waals surface area contributed by atoms with Gasteiger partial charge in [0.25, 0.3) is 0 Å². The highest BCUT2D eigenvalue weighted by Crippen LogP contribution is 2.35. The number of anilines is 1. The summed E-state index contributed by atoms with van der Waals surface area (Å²) in [6.45, 7) is 5.01. The van der Waals surface area contributed by atoms with Gasteiger partial charge in [0.2, 0.25) is 5.91 Å². The van der Waals surface area contributed by atoms with Crippen LogP contribution in [0.1, 0.15) is 31.7 Å². The number of aliphatic hydroxyl groups excluding tert-OH is 1. The lowest BCUT2D eigenvalue weighted by molar-refractivity contribution is -0.193. The Kier molecular flexibility index (Phi) is 17.1. The molecular formula is C28H33Cl2F6N3O8. The van der Waals surface area contributed by atoms with Crippen LogP contribution >= 0.6 is 23.2 Å². The molecule has 0 aromatic heterocycles. The summed E-state index contributed by atoms with van der Waals surface area (Å²) in [5.74, 6) is -5.61. The van der Waals surface area contributed by atoms with Crippen LogP contribution < -0.4 is 15.4 Å². The predicted molar refractivity (Wildman–Crippen MR) is 159 cm³/mol. The van der Waals surface area contributed by atoms with Gasteiger partial charge in [0.15, 0.2) is 0 Å². The zero-order chi connectivity index (χ0) is 35.9. The van der Waals surface area contributed by atoms with E-state index in [1.807, 2.05) is 12.1 Å². The largest absolute Gasteiger partial charge is 0.506 e. The highest BCUT2D eigenvalue weighted by molar-refractivity contribution is 6.32. The van der Waals surface area contributed by atoms with Crippen molar-refractivity contribution in [3.05, 3.63) is 52.0 Å². The maximum atomic E-state index is 11.7. The summed E-state index contributed by atoms with van der Waals surface area (Å²) in [4.78, 5) is 32.0. The number of phenolic OH excluding ortho intramolecular Hbond substituents is 1. The van der Waals surface area contributed by atoms with Crippen molar-refractivity contribution in [1.29, 1.82) is 0 Å². The van der Waals surface area contributed by atoms with Crippen LogP contribution in [0.15, 0.2) is 36.4 Å². The summed E-state index contributed by atoms with van der Waals surface area (Å²) < 4.78 is 69.1. The Bertz CT molecular complexity index is 1280. The molecule has 264 valence electrons. The van der Waals surface area contributed by atoms with Crippen molar-refractivity contribution in [3.63, 3.8) is 0 Å². The first-order valence-electron chi connectivity index (χ1n) is 13.7. The van der Waals surface area contributed by atoms with Gasteiger partial charge in [-0.2, -0.15) is 26.3 Å². The van der Waals surface area contributed by atoms with Gasteiger partial charge in [-0.05, 0) is 49.7 Å². The number of halogens is 8. The minimum atomic E-state index is -5.08. The topological polar surface area (TPSA) is 169 Å². The molecule has 2 aromatic rings. The number of amides is 1. The lowest BCUT2D eigenvalue weighted by atomic mass is 10.0. The smallest absolute Gasteiger partial charge is 0.490 e. The van der Waals surface area contributed by atoms with E-state index in [0.717, 1.165) is 37.5 Å². The fraction of sp³-hybridized carbons (Fsp3) is 0.464. The summed E-state index contributed by atoms with van der Waals surface area (Å²) in [6.07, 6.45) is -8.62. The molecule has 2 aromatic carbocycles. The molecule has 0 aliphatic carbocycles.